The number of nitrogens with zero attached hydrogens (tertiary/aromatic N) is 2. The Bertz CT molecular complexity index is 532. The number of pyridine rings is 1. The first kappa shape index (κ1) is 15.9. The summed E-state index contributed by atoms with van der Waals surface area (Å²) in [5.41, 5.74) is -2.20. The van der Waals surface area contributed by atoms with Gasteiger partial charge in [-0.25, -0.2) is 4.98 Å². The Morgan fingerprint density at radius 2 is 1.85 bits per heavy atom. The summed E-state index contributed by atoms with van der Waals surface area (Å²) >= 11 is 0. The Balaban J connectivity index is 3.46. The van der Waals surface area contributed by atoms with Crippen LogP contribution in [-0.4, -0.2) is 18.5 Å². The molecule has 0 atom stereocenters. The number of halogens is 6. The lowest BCUT2D eigenvalue weighted by atomic mass is 10.1. The molecular formula is C10H6F6N2O2. The third-order valence-electron chi connectivity index (χ3n) is 2.05. The van der Waals surface area contributed by atoms with Gasteiger partial charge in [0, 0.05) is 0 Å². The summed E-state index contributed by atoms with van der Waals surface area (Å²) in [6.07, 6.45) is -10.6. The van der Waals surface area contributed by atoms with E-state index in [-0.39, 0.29) is 6.20 Å². The van der Waals surface area contributed by atoms with Gasteiger partial charge in [-0.2, -0.15) is 18.4 Å². The van der Waals surface area contributed by atoms with Crippen LogP contribution in [0.4, 0.5) is 26.3 Å². The molecule has 1 aromatic heterocycles. The molecule has 0 aliphatic rings. The van der Waals surface area contributed by atoms with Crippen LogP contribution >= 0.6 is 0 Å². The largest absolute Gasteiger partial charge is 0.573 e. The molecule has 0 radical (unpaired) electrons. The molecule has 0 aliphatic heterocycles. The molecule has 1 heterocycles. The molecule has 110 valence electrons. The zero-order chi connectivity index (χ0) is 15.6. The minimum Gasteiger partial charge on any atom is -0.494 e. The number of methoxy groups -OCH3 is 1. The number of alkyl halides is 6. The van der Waals surface area contributed by atoms with Gasteiger partial charge in [0.1, 0.15) is 0 Å². The summed E-state index contributed by atoms with van der Waals surface area (Å²) in [5.74, 6) is -1.98. The average molecular weight is 300 g/mol. The van der Waals surface area contributed by atoms with Crippen LogP contribution in [-0.2, 0) is 12.6 Å². The lowest BCUT2D eigenvalue weighted by Crippen LogP contribution is -2.20. The minimum atomic E-state index is -5.13. The van der Waals surface area contributed by atoms with Crippen LogP contribution in [0.2, 0.25) is 0 Å². The van der Waals surface area contributed by atoms with Crippen molar-refractivity contribution >= 4 is 0 Å². The monoisotopic (exact) mass is 300 g/mol. The van der Waals surface area contributed by atoms with E-state index in [9.17, 15) is 26.3 Å². The van der Waals surface area contributed by atoms with Crippen LogP contribution in [0.15, 0.2) is 6.20 Å². The fourth-order valence-corrected chi connectivity index (χ4v) is 1.40. The zero-order valence-corrected chi connectivity index (χ0v) is 9.76. The van der Waals surface area contributed by atoms with Crippen molar-refractivity contribution < 1.29 is 35.8 Å². The van der Waals surface area contributed by atoms with E-state index in [4.69, 9.17) is 5.26 Å². The van der Waals surface area contributed by atoms with E-state index in [1.807, 2.05) is 0 Å². The first-order valence-corrected chi connectivity index (χ1v) is 4.86. The highest BCUT2D eigenvalue weighted by atomic mass is 19.4. The fraction of sp³-hybridized carbons (Fsp3) is 0.400. The number of nitriles is 1. The molecule has 0 aliphatic carbocycles. The molecule has 0 fully saturated rings. The third-order valence-corrected chi connectivity index (χ3v) is 2.05. The molecule has 0 N–H and O–H groups in total. The highest BCUT2D eigenvalue weighted by Gasteiger charge is 2.40. The maximum atomic E-state index is 12.6. The van der Waals surface area contributed by atoms with Crippen molar-refractivity contribution in [1.29, 1.82) is 5.26 Å². The van der Waals surface area contributed by atoms with Gasteiger partial charge in [0.05, 0.1) is 31.4 Å². The summed E-state index contributed by atoms with van der Waals surface area (Å²) in [4.78, 5) is 2.86. The van der Waals surface area contributed by atoms with Crippen molar-refractivity contribution in [2.45, 2.75) is 19.0 Å². The van der Waals surface area contributed by atoms with Gasteiger partial charge in [0.2, 0.25) is 0 Å². The lowest BCUT2D eigenvalue weighted by Gasteiger charge is -2.17. The second-order valence-corrected chi connectivity index (χ2v) is 3.36. The van der Waals surface area contributed by atoms with E-state index in [0.29, 0.717) is 0 Å². The van der Waals surface area contributed by atoms with Crippen LogP contribution in [0.3, 0.4) is 0 Å². The Hall–Kier alpha value is -2.18. The van der Waals surface area contributed by atoms with E-state index < -0.39 is 41.7 Å². The molecule has 0 spiro atoms. The molecule has 1 rings (SSSR count). The summed E-state index contributed by atoms with van der Waals surface area (Å²) in [7, 11) is 0.824. The van der Waals surface area contributed by atoms with Gasteiger partial charge in [-0.15, -0.1) is 13.2 Å². The van der Waals surface area contributed by atoms with Crippen molar-refractivity contribution in [2.75, 3.05) is 7.11 Å². The number of aromatic nitrogens is 1. The molecule has 4 nitrogen and oxygen atoms in total. The molecule has 0 unspecified atom stereocenters. The first-order valence-electron chi connectivity index (χ1n) is 4.86. The molecule has 20 heavy (non-hydrogen) atoms. The van der Waals surface area contributed by atoms with Crippen molar-refractivity contribution in [3.63, 3.8) is 0 Å². The second-order valence-electron chi connectivity index (χ2n) is 3.36. The number of rotatable bonds is 3. The zero-order valence-electron chi connectivity index (χ0n) is 9.76. The van der Waals surface area contributed by atoms with Crippen LogP contribution in [0.1, 0.15) is 11.3 Å². The highest BCUT2D eigenvalue weighted by molar-refractivity contribution is 5.48. The van der Waals surface area contributed by atoms with Crippen molar-refractivity contribution in [2.24, 2.45) is 0 Å². The van der Waals surface area contributed by atoms with Crippen molar-refractivity contribution in [3.8, 4) is 17.6 Å². The van der Waals surface area contributed by atoms with Crippen LogP contribution in [0.5, 0.6) is 11.5 Å². The Morgan fingerprint density at radius 3 is 2.25 bits per heavy atom. The second kappa shape index (κ2) is 5.44. The molecule has 0 amide bonds. The molecule has 10 heteroatoms. The lowest BCUT2D eigenvalue weighted by molar-refractivity contribution is -0.275. The van der Waals surface area contributed by atoms with Gasteiger partial charge in [-0.1, -0.05) is 0 Å². The Morgan fingerprint density at radius 1 is 1.25 bits per heavy atom. The maximum Gasteiger partial charge on any atom is 0.573 e. The first-order chi connectivity index (χ1) is 9.10. The van der Waals surface area contributed by atoms with Crippen molar-refractivity contribution in [3.05, 3.63) is 17.5 Å². The molecular weight excluding hydrogens is 294 g/mol. The number of ether oxygens (including phenoxy) is 2. The predicted molar refractivity (Wildman–Crippen MR) is 51.8 cm³/mol. The third kappa shape index (κ3) is 3.66. The standard InChI is InChI=1S/C10H6F6N2O2/c1-19-7-5(2-3-17)6(20-10(14,15)16)4-18-8(7)9(11,12)13/h4H,2H2,1H3. The van der Waals surface area contributed by atoms with Gasteiger partial charge in [-0.3, -0.25) is 0 Å². The van der Waals surface area contributed by atoms with Gasteiger partial charge < -0.3 is 9.47 Å². The summed E-state index contributed by atoms with van der Waals surface area (Å²) in [6.45, 7) is 0. The smallest absolute Gasteiger partial charge is 0.494 e. The van der Waals surface area contributed by atoms with E-state index in [2.05, 4.69) is 14.5 Å². The van der Waals surface area contributed by atoms with Gasteiger partial charge in [0.15, 0.2) is 17.2 Å². The van der Waals surface area contributed by atoms with E-state index >= 15 is 0 Å². The van der Waals surface area contributed by atoms with Gasteiger partial charge in [0.25, 0.3) is 0 Å². The minimum absolute atomic E-state index is 0.255. The topological polar surface area (TPSA) is 55.1 Å². The van der Waals surface area contributed by atoms with Crippen molar-refractivity contribution in [1.82, 2.24) is 4.98 Å². The maximum absolute atomic E-state index is 12.6. The normalized spacial score (nSPS) is 11.9. The SMILES string of the molecule is COc1c(C(F)(F)F)ncc(OC(F)(F)F)c1CC#N. The Kier molecular flexibility index (Phi) is 4.32. The summed E-state index contributed by atoms with van der Waals surface area (Å²) in [5, 5.41) is 8.51. The molecule has 0 aromatic carbocycles. The fourth-order valence-electron chi connectivity index (χ4n) is 1.40. The molecule has 0 bridgehead atoms. The summed E-state index contributed by atoms with van der Waals surface area (Å²) < 4.78 is 82.3. The van der Waals surface area contributed by atoms with E-state index in [0.717, 1.165) is 7.11 Å². The van der Waals surface area contributed by atoms with Crippen LogP contribution in [0, 0.1) is 11.3 Å². The van der Waals surface area contributed by atoms with E-state index in [1.165, 1.54) is 6.07 Å². The quantitative estimate of drug-likeness (QED) is 0.805. The van der Waals surface area contributed by atoms with Crippen LogP contribution < -0.4 is 9.47 Å². The highest BCUT2D eigenvalue weighted by Crippen LogP contribution is 2.41. The molecule has 0 saturated heterocycles. The summed E-state index contributed by atoms with van der Waals surface area (Å²) in [6, 6.07) is 1.44. The van der Waals surface area contributed by atoms with Crippen LogP contribution in [0.25, 0.3) is 0 Å². The number of hydrogen-bond donors (Lipinski definition) is 0. The molecule has 0 saturated carbocycles. The average Bonchev–Trinajstić information content (AvgIpc) is 2.27. The van der Waals surface area contributed by atoms with Gasteiger partial charge >= 0.3 is 12.5 Å². The molecule has 1 aromatic rings. The number of hydrogen-bond acceptors (Lipinski definition) is 4. The Labute approximate surface area is 108 Å². The predicted octanol–water partition coefficient (Wildman–Crippen LogP) is 3.07. The van der Waals surface area contributed by atoms with Gasteiger partial charge in [-0.05, 0) is 0 Å². The van der Waals surface area contributed by atoms with E-state index in [1.54, 1.807) is 0 Å².